The molecule has 0 spiro atoms. The van der Waals surface area contributed by atoms with Gasteiger partial charge in [-0.2, -0.15) is 0 Å². The summed E-state index contributed by atoms with van der Waals surface area (Å²) in [6.45, 7) is 0.781. The Morgan fingerprint density at radius 1 is 1.03 bits per heavy atom. The first kappa shape index (κ1) is 19.7. The third-order valence-corrected chi connectivity index (χ3v) is 6.41. The number of hydrogen-bond acceptors (Lipinski definition) is 4. The molecule has 152 valence electrons. The monoisotopic (exact) mass is 392 g/mol. The molecule has 0 atom stereocenters. The molecule has 5 rings (SSSR count). The van der Waals surface area contributed by atoms with Gasteiger partial charge in [-0.05, 0) is 73.8 Å². The van der Waals surface area contributed by atoms with Crippen LogP contribution in [0.4, 0.5) is 0 Å². The van der Waals surface area contributed by atoms with Gasteiger partial charge in [-0.25, -0.2) is 4.79 Å². The molecule has 0 unspecified atom stereocenters. The Bertz CT molecular complexity index is 847. The first-order valence-corrected chi connectivity index (χ1v) is 10.4. The lowest BCUT2D eigenvalue weighted by Gasteiger charge is -2.53. The van der Waals surface area contributed by atoms with Gasteiger partial charge in [-0.3, -0.25) is 0 Å². The fourth-order valence-electron chi connectivity index (χ4n) is 4.56. The average Bonchev–Trinajstić information content (AvgIpc) is 2.79. The van der Waals surface area contributed by atoms with Crippen LogP contribution in [0.5, 0.6) is 11.5 Å². The number of ether oxygens (including phenoxy) is 3. The molecule has 4 heteroatoms. The lowest BCUT2D eigenvalue weighted by molar-refractivity contribution is -0.191. The fraction of sp³-hybridized carbons (Fsp3) is 0.400. The molecule has 0 radical (unpaired) electrons. The molecule has 2 bridgehead atoms. The second-order valence-electron chi connectivity index (χ2n) is 8.19. The number of rotatable bonds is 7. The maximum absolute atomic E-state index is 11.2. The van der Waals surface area contributed by atoms with Gasteiger partial charge < -0.3 is 14.2 Å². The van der Waals surface area contributed by atoms with Crippen LogP contribution in [-0.4, -0.2) is 19.7 Å². The maximum atomic E-state index is 11.2. The summed E-state index contributed by atoms with van der Waals surface area (Å²) < 4.78 is 17.2. The van der Waals surface area contributed by atoms with E-state index in [2.05, 4.69) is 22.9 Å². The summed E-state index contributed by atoms with van der Waals surface area (Å²) >= 11 is 0. The molecular formula is C25H28O4. The lowest BCUT2D eigenvalue weighted by atomic mass is 9.62. The smallest absolute Gasteiger partial charge is 0.330 e. The summed E-state index contributed by atoms with van der Waals surface area (Å²) in [5.41, 5.74) is 1.25. The molecule has 2 aromatic carbocycles. The van der Waals surface area contributed by atoms with E-state index in [9.17, 15) is 4.79 Å². The number of methoxy groups -OCH3 is 1. The Labute approximate surface area is 172 Å². The summed E-state index contributed by atoms with van der Waals surface area (Å²) in [6, 6.07) is 18.2. The average molecular weight is 392 g/mol. The highest BCUT2D eigenvalue weighted by Gasteiger charge is 2.50. The highest BCUT2D eigenvalue weighted by molar-refractivity contribution is 5.81. The van der Waals surface area contributed by atoms with E-state index in [1.807, 2.05) is 42.5 Å². The second kappa shape index (κ2) is 8.42. The first-order chi connectivity index (χ1) is 14.1. The Morgan fingerprint density at radius 2 is 1.79 bits per heavy atom. The van der Waals surface area contributed by atoms with E-state index in [1.54, 1.807) is 0 Å². The molecule has 0 amide bonds. The van der Waals surface area contributed by atoms with Crippen molar-refractivity contribution in [1.82, 2.24) is 0 Å². The van der Waals surface area contributed by atoms with Crippen molar-refractivity contribution in [1.29, 1.82) is 0 Å². The number of allylic oxidation sites excluding steroid dienone is 1. The Kier molecular flexibility index (Phi) is 5.72. The third kappa shape index (κ3) is 4.38. The Morgan fingerprint density at radius 3 is 2.48 bits per heavy atom. The largest absolute Gasteiger partial charge is 0.466 e. The van der Waals surface area contributed by atoms with Crippen molar-refractivity contribution in [2.24, 2.45) is 5.41 Å². The standard InChI is InChI=1S/C25H28O4/c1-27-23(26)12-5-6-13-24-14-16-25(17-15-24,28-19-24)20-8-7-11-22(18-20)29-21-9-3-2-4-10-21/h2-5,7-12,18H,6,13-17,19H2,1H3/b12-5-. The molecule has 3 aliphatic rings. The number of hydrogen-bond donors (Lipinski definition) is 0. The molecule has 4 nitrogen and oxygen atoms in total. The van der Waals surface area contributed by atoms with Crippen molar-refractivity contribution in [2.75, 3.05) is 13.7 Å². The Balaban J connectivity index is 1.40. The van der Waals surface area contributed by atoms with Gasteiger partial charge in [0.05, 0.1) is 19.3 Å². The molecule has 3 fully saturated rings. The summed E-state index contributed by atoms with van der Waals surface area (Å²) in [5.74, 6) is 1.40. The predicted molar refractivity (Wildman–Crippen MR) is 112 cm³/mol. The highest BCUT2D eigenvalue weighted by Crippen LogP contribution is 2.55. The van der Waals surface area contributed by atoms with Crippen LogP contribution in [0.25, 0.3) is 0 Å². The normalized spacial score (nSPS) is 25.8. The molecule has 29 heavy (non-hydrogen) atoms. The zero-order chi connectivity index (χ0) is 20.2. The molecule has 0 N–H and O–H groups in total. The number of benzene rings is 2. The van der Waals surface area contributed by atoms with Crippen LogP contribution in [0.2, 0.25) is 0 Å². The van der Waals surface area contributed by atoms with Crippen LogP contribution >= 0.6 is 0 Å². The van der Waals surface area contributed by atoms with Crippen molar-refractivity contribution in [3.05, 3.63) is 72.3 Å². The van der Waals surface area contributed by atoms with Crippen LogP contribution in [0.3, 0.4) is 0 Å². The zero-order valence-corrected chi connectivity index (χ0v) is 16.9. The SMILES string of the molecule is COC(=O)/C=C\CCC12CCC(c3cccc(Oc4ccccc4)c3)(CC1)OC2. The number of fused-ring (bicyclic) bond motifs is 3. The maximum Gasteiger partial charge on any atom is 0.330 e. The van der Waals surface area contributed by atoms with E-state index < -0.39 is 0 Å². The molecular weight excluding hydrogens is 364 g/mol. The first-order valence-electron chi connectivity index (χ1n) is 10.4. The topological polar surface area (TPSA) is 44.8 Å². The number of para-hydroxylation sites is 1. The van der Waals surface area contributed by atoms with Crippen molar-refractivity contribution in [2.45, 2.75) is 44.1 Å². The number of carbonyl (C=O) groups excluding carboxylic acids is 1. The van der Waals surface area contributed by atoms with E-state index in [0.717, 1.165) is 56.6 Å². The second-order valence-corrected chi connectivity index (χ2v) is 8.19. The molecule has 2 aliphatic heterocycles. The minimum atomic E-state index is -0.289. The van der Waals surface area contributed by atoms with Gasteiger partial charge in [0, 0.05) is 6.08 Å². The highest BCUT2D eigenvalue weighted by atomic mass is 16.5. The van der Waals surface area contributed by atoms with Crippen LogP contribution in [-0.2, 0) is 19.9 Å². The van der Waals surface area contributed by atoms with Gasteiger partial charge >= 0.3 is 5.97 Å². The molecule has 1 aliphatic carbocycles. The van der Waals surface area contributed by atoms with Crippen molar-refractivity contribution >= 4 is 5.97 Å². The summed E-state index contributed by atoms with van der Waals surface area (Å²) in [7, 11) is 1.40. The molecule has 2 saturated heterocycles. The quantitative estimate of drug-likeness (QED) is 0.443. The molecule has 1 saturated carbocycles. The lowest BCUT2D eigenvalue weighted by Crippen LogP contribution is -2.49. The Hall–Kier alpha value is -2.59. The summed E-state index contributed by atoms with van der Waals surface area (Å²) in [4.78, 5) is 11.2. The summed E-state index contributed by atoms with van der Waals surface area (Å²) in [6.07, 6.45) is 9.74. The molecule has 2 heterocycles. The van der Waals surface area contributed by atoms with Gasteiger partial charge in [0.1, 0.15) is 11.5 Å². The third-order valence-electron chi connectivity index (χ3n) is 6.41. The van der Waals surface area contributed by atoms with Crippen LogP contribution < -0.4 is 4.74 Å². The molecule has 0 aromatic heterocycles. The zero-order valence-electron chi connectivity index (χ0n) is 16.9. The van der Waals surface area contributed by atoms with Crippen LogP contribution in [0.1, 0.15) is 44.1 Å². The predicted octanol–water partition coefficient (Wildman–Crippen LogP) is 5.77. The van der Waals surface area contributed by atoms with Crippen molar-refractivity contribution in [3.63, 3.8) is 0 Å². The van der Waals surface area contributed by atoms with Crippen molar-refractivity contribution in [3.8, 4) is 11.5 Å². The van der Waals surface area contributed by atoms with Gasteiger partial charge in [-0.15, -0.1) is 0 Å². The van der Waals surface area contributed by atoms with E-state index in [-0.39, 0.29) is 17.0 Å². The fourth-order valence-corrected chi connectivity index (χ4v) is 4.56. The van der Waals surface area contributed by atoms with E-state index in [1.165, 1.54) is 18.7 Å². The van der Waals surface area contributed by atoms with E-state index >= 15 is 0 Å². The number of carbonyl (C=O) groups is 1. The van der Waals surface area contributed by atoms with Gasteiger partial charge in [0.25, 0.3) is 0 Å². The van der Waals surface area contributed by atoms with E-state index in [4.69, 9.17) is 9.47 Å². The minimum Gasteiger partial charge on any atom is -0.466 e. The van der Waals surface area contributed by atoms with Crippen LogP contribution in [0.15, 0.2) is 66.7 Å². The minimum absolute atomic E-state index is 0.195. The van der Waals surface area contributed by atoms with Gasteiger partial charge in [0.2, 0.25) is 0 Å². The summed E-state index contributed by atoms with van der Waals surface area (Å²) in [5, 5.41) is 0. The van der Waals surface area contributed by atoms with Gasteiger partial charge in [0.15, 0.2) is 0 Å². The van der Waals surface area contributed by atoms with Crippen molar-refractivity contribution < 1.29 is 19.0 Å². The van der Waals surface area contributed by atoms with E-state index in [0.29, 0.717) is 0 Å². The molecule has 2 aromatic rings. The van der Waals surface area contributed by atoms with Crippen LogP contribution in [0, 0.1) is 5.41 Å². The number of esters is 1. The van der Waals surface area contributed by atoms with Gasteiger partial charge in [-0.1, -0.05) is 36.4 Å².